The molecule has 172 valence electrons. The summed E-state index contributed by atoms with van der Waals surface area (Å²) in [4.78, 5) is 7.26. The van der Waals surface area contributed by atoms with E-state index in [-0.39, 0.29) is 29.7 Å². The molecule has 0 spiro atoms. The van der Waals surface area contributed by atoms with Gasteiger partial charge < -0.3 is 25.2 Å². The first kappa shape index (κ1) is 26.8. The van der Waals surface area contributed by atoms with E-state index >= 15 is 0 Å². The zero-order chi connectivity index (χ0) is 21.1. The maximum absolute atomic E-state index is 9.98. The molecule has 30 heavy (non-hydrogen) atoms. The van der Waals surface area contributed by atoms with Gasteiger partial charge in [-0.1, -0.05) is 32.8 Å². The molecule has 1 atom stereocenters. The number of nitrogens with zero attached hydrogens (tertiary/aromatic N) is 2. The topological polar surface area (TPSA) is 78.4 Å². The molecule has 0 aliphatic carbocycles. The molecule has 1 aliphatic rings. The number of morpholine rings is 1. The summed E-state index contributed by atoms with van der Waals surface area (Å²) in [5, 5.41) is 16.9. The largest absolute Gasteiger partial charge is 0.504 e. The molecule has 0 bridgehead atoms. The van der Waals surface area contributed by atoms with Gasteiger partial charge in [0, 0.05) is 32.2 Å². The molecule has 1 saturated heterocycles. The van der Waals surface area contributed by atoms with Crippen molar-refractivity contribution in [2.75, 3.05) is 46.5 Å². The average Bonchev–Trinajstić information content (AvgIpc) is 2.75. The highest BCUT2D eigenvalue weighted by Crippen LogP contribution is 2.26. The van der Waals surface area contributed by atoms with Crippen molar-refractivity contribution in [2.24, 2.45) is 10.9 Å². The molecule has 0 aromatic heterocycles. The molecule has 1 aliphatic heterocycles. The van der Waals surface area contributed by atoms with Gasteiger partial charge in [0.2, 0.25) is 0 Å². The van der Waals surface area contributed by atoms with Crippen molar-refractivity contribution >= 4 is 29.9 Å². The fraction of sp³-hybridized carbons (Fsp3) is 0.682. The van der Waals surface area contributed by atoms with E-state index in [0.29, 0.717) is 24.3 Å². The minimum atomic E-state index is 0. The molecule has 2 rings (SSSR count). The monoisotopic (exact) mass is 534 g/mol. The van der Waals surface area contributed by atoms with Gasteiger partial charge in [0.1, 0.15) is 0 Å². The lowest BCUT2D eigenvalue weighted by molar-refractivity contribution is 0.00272. The smallest absolute Gasteiger partial charge is 0.191 e. The van der Waals surface area contributed by atoms with Gasteiger partial charge in [-0.2, -0.15) is 0 Å². The number of halogens is 1. The Morgan fingerprint density at radius 3 is 2.47 bits per heavy atom. The Hall–Kier alpha value is -1.26. The van der Waals surface area contributed by atoms with Crippen LogP contribution in [-0.2, 0) is 11.3 Å². The molecule has 0 amide bonds. The summed E-state index contributed by atoms with van der Waals surface area (Å²) in [5.74, 6) is 2.05. The molecule has 0 saturated carbocycles. The summed E-state index contributed by atoms with van der Waals surface area (Å²) in [6.45, 7) is 12.4. The van der Waals surface area contributed by atoms with Gasteiger partial charge in [0.25, 0.3) is 0 Å². The number of methoxy groups -OCH3 is 1. The Morgan fingerprint density at radius 1 is 1.20 bits per heavy atom. The van der Waals surface area contributed by atoms with Crippen LogP contribution in [0, 0.1) is 5.92 Å². The number of aromatic hydroxyl groups is 1. The first-order valence-electron chi connectivity index (χ1n) is 10.8. The van der Waals surface area contributed by atoms with Crippen molar-refractivity contribution < 1.29 is 14.6 Å². The minimum absolute atomic E-state index is 0. The van der Waals surface area contributed by atoms with Crippen molar-refractivity contribution in [2.45, 2.75) is 46.2 Å². The maximum atomic E-state index is 9.98. The number of aliphatic imine (C=N–C) groups is 1. The number of phenols is 1. The van der Waals surface area contributed by atoms with Crippen LogP contribution in [0.3, 0.4) is 0 Å². The summed E-state index contributed by atoms with van der Waals surface area (Å²) in [7, 11) is 1.55. The lowest BCUT2D eigenvalue weighted by Gasteiger charge is -2.39. The second kappa shape index (κ2) is 14.7. The second-order valence-corrected chi connectivity index (χ2v) is 7.37. The van der Waals surface area contributed by atoms with Gasteiger partial charge in [0.15, 0.2) is 17.5 Å². The number of guanidine groups is 1. The molecule has 7 nitrogen and oxygen atoms in total. The fourth-order valence-electron chi connectivity index (χ4n) is 3.88. The second-order valence-electron chi connectivity index (χ2n) is 7.37. The molecule has 3 N–H and O–H groups in total. The van der Waals surface area contributed by atoms with Crippen molar-refractivity contribution in [1.29, 1.82) is 0 Å². The quantitative estimate of drug-likeness (QED) is 0.243. The normalized spacial score (nSPS) is 16.1. The van der Waals surface area contributed by atoms with Gasteiger partial charge >= 0.3 is 0 Å². The lowest BCUT2D eigenvalue weighted by Crippen LogP contribution is -2.53. The molecule has 1 unspecified atom stereocenters. The maximum Gasteiger partial charge on any atom is 0.191 e. The third-order valence-electron chi connectivity index (χ3n) is 5.59. The lowest BCUT2D eigenvalue weighted by atomic mass is 9.92. The van der Waals surface area contributed by atoms with E-state index in [2.05, 4.69) is 36.3 Å². The fourth-order valence-corrected chi connectivity index (χ4v) is 3.88. The molecular weight excluding hydrogens is 495 g/mol. The number of phenolic OH excluding ortho intramolecular Hbond substituents is 1. The Bertz CT molecular complexity index is 635. The van der Waals surface area contributed by atoms with Gasteiger partial charge in [-0.05, 0) is 30.5 Å². The molecule has 1 fully saturated rings. The molecule has 0 radical (unpaired) electrons. The van der Waals surface area contributed by atoms with Crippen molar-refractivity contribution in [3.05, 3.63) is 23.8 Å². The van der Waals surface area contributed by atoms with Crippen LogP contribution in [0.2, 0.25) is 0 Å². The SMILES string of the molecule is CCNC(=NCc1ccc(OC)c(O)c1)NCC(C(CC)CC)N1CCOCC1.I. The number of rotatable bonds is 10. The van der Waals surface area contributed by atoms with Gasteiger partial charge in [0.05, 0.1) is 26.9 Å². The zero-order valence-electron chi connectivity index (χ0n) is 18.8. The molecular formula is C22H39IN4O3. The standard InChI is InChI=1S/C22H38N4O3.HI/c1-5-18(6-2)19(26-10-12-29-13-11-26)16-25-22(23-7-3)24-15-17-8-9-21(28-4)20(27)14-17;/h8-9,14,18-19,27H,5-7,10-13,15-16H2,1-4H3,(H2,23,24,25);1H. The highest BCUT2D eigenvalue weighted by Gasteiger charge is 2.27. The van der Waals surface area contributed by atoms with Crippen LogP contribution in [0.4, 0.5) is 0 Å². The summed E-state index contributed by atoms with van der Waals surface area (Å²) in [6.07, 6.45) is 2.33. The van der Waals surface area contributed by atoms with E-state index in [0.717, 1.165) is 50.9 Å². The van der Waals surface area contributed by atoms with E-state index in [1.165, 1.54) is 12.8 Å². The number of hydrogen-bond acceptors (Lipinski definition) is 5. The van der Waals surface area contributed by atoms with Crippen molar-refractivity contribution in [3.8, 4) is 11.5 Å². The summed E-state index contributed by atoms with van der Waals surface area (Å²) >= 11 is 0. The van der Waals surface area contributed by atoms with Crippen LogP contribution >= 0.6 is 24.0 Å². The van der Waals surface area contributed by atoms with Gasteiger partial charge in [-0.3, -0.25) is 4.90 Å². The number of ether oxygens (including phenoxy) is 2. The van der Waals surface area contributed by atoms with E-state index in [4.69, 9.17) is 14.5 Å². The van der Waals surface area contributed by atoms with Crippen LogP contribution in [-0.4, -0.2) is 68.5 Å². The average molecular weight is 534 g/mol. The summed E-state index contributed by atoms with van der Waals surface area (Å²) < 4.78 is 10.7. The summed E-state index contributed by atoms with van der Waals surface area (Å²) in [5.41, 5.74) is 0.935. The van der Waals surface area contributed by atoms with Crippen LogP contribution in [0.15, 0.2) is 23.2 Å². The van der Waals surface area contributed by atoms with Crippen LogP contribution < -0.4 is 15.4 Å². The number of benzene rings is 1. The van der Waals surface area contributed by atoms with Gasteiger partial charge in [-0.25, -0.2) is 4.99 Å². The van der Waals surface area contributed by atoms with E-state index in [9.17, 15) is 5.11 Å². The van der Waals surface area contributed by atoms with Crippen molar-refractivity contribution in [3.63, 3.8) is 0 Å². The van der Waals surface area contributed by atoms with Crippen LogP contribution in [0.25, 0.3) is 0 Å². The van der Waals surface area contributed by atoms with Crippen LogP contribution in [0.1, 0.15) is 39.2 Å². The van der Waals surface area contributed by atoms with Crippen molar-refractivity contribution in [1.82, 2.24) is 15.5 Å². The molecule has 1 aromatic carbocycles. The Balaban J connectivity index is 0.00000450. The third-order valence-corrected chi connectivity index (χ3v) is 5.59. The van der Waals surface area contributed by atoms with Crippen LogP contribution in [0.5, 0.6) is 11.5 Å². The molecule has 8 heteroatoms. The highest BCUT2D eigenvalue weighted by atomic mass is 127. The van der Waals surface area contributed by atoms with E-state index < -0.39 is 0 Å². The number of nitrogens with one attached hydrogen (secondary N) is 2. The van der Waals surface area contributed by atoms with E-state index in [1.807, 2.05) is 6.07 Å². The Kier molecular flexibility index (Phi) is 13.1. The Morgan fingerprint density at radius 2 is 1.90 bits per heavy atom. The van der Waals surface area contributed by atoms with E-state index in [1.54, 1.807) is 19.2 Å². The zero-order valence-corrected chi connectivity index (χ0v) is 21.1. The minimum Gasteiger partial charge on any atom is -0.504 e. The predicted molar refractivity (Wildman–Crippen MR) is 133 cm³/mol. The highest BCUT2D eigenvalue weighted by molar-refractivity contribution is 14.0. The Labute approximate surface area is 198 Å². The molecule has 1 heterocycles. The molecule has 1 aromatic rings. The first-order chi connectivity index (χ1) is 14.1. The third kappa shape index (κ3) is 8.11. The number of hydrogen-bond donors (Lipinski definition) is 3. The predicted octanol–water partition coefficient (Wildman–Crippen LogP) is 3.21. The summed E-state index contributed by atoms with van der Waals surface area (Å²) in [6, 6.07) is 5.85. The van der Waals surface area contributed by atoms with Gasteiger partial charge in [-0.15, -0.1) is 24.0 Å². The first-order valence-corrected chi connectivity index (χ1v) is 10.8.